The van der Waals surface area contributed by atoms with Crippen molar-refractivity contribution in [2.45, 2.75) is 33.2 Å². The smallest absolute Gasteiger partial charge is 0.392 e. The molecule has 0 atom stereocenters. The van der Waals surface area contributed by atoms with Crippen molar-refractivity contribution in [1.82, 2.24) is 19.2 Å². The van der Waals surface area contributed by atoms with Gasteiger partial charge >= 0.3 is 5.76 Å². The van der Waals surface area contributed by atoms with Crippen LogP contribution in [-0.2, 0) is 19.4 Å². The summed E-state index contributed by atoms with van der Waals surface area (Å²) in [5.41, 5.74) is 3.44. The number of rotatable bonds is 5. The number of nitrogens with zero attached hydrogens (tertiary/aromatic N) is 4. The van der Waals surface area contributed by atoms with Crippen LogP contribution < -0.4 is 11.3 Å². The molecule has 0 saturated heterocycles. The molecule has 1 aromatic carbocycles. The molecule has 3 heterocycles. The van der Waals surface area contributed by atoms with E-state index in [0.717, 1.165) is 11.3 Å². The van der Waals surface area contributed by atoms with Gasteiger partial charge in [0, 0.05) is 22.8 Å². The summed E-state index contributed by atoms with van der Waals surface area (Å²) in [6, 6.07) is 8.14. The van der Waals surface area contributed by atoms with Gasteiger partial charge in [0.25, 0.3) is 5.56 Å². The molecule has 0 fully saturated rings. The Morgan fingerprint density at radius 2 is 1.93 bits per heavy atom. The van der Waals surface area contributed by atoms with Gasteiger partial charge in [-0.25, -0.2) is 9.78 Å². The van der Waals surface area contributed by atoms with E-state index in [-0.39, 0.29) is 17.9 Å². The van der Waals surface area contributed by atoms with Crippen LogP contribution in [0, 0.1) is 13.8 Å². The van der Waals surface area contributed by atoms with Gasteiger partial charge in [0.1, 0.15) is 0 Å². The number of aryl methyl sites for hydroxylation is 4. The SMILES string of the molecule is Cc1ccc(CCn2nc(Cc3cnc4scc(C)n4c3=O)oc2=O)cc1. The molecule has 4 aromatic rings. The van der Waals surface area contributed by atoms with Crippen LogP contribution >= 0.6 is 11.3 Å². The normalized spacial score (nSPS) is 11.3. The van der Waals surface area contributed by atoms with E-state index in [1.165, 1.54) is 27.8 Å². The molecule has 0 radical (unpaired) electrons. The van der Waals surface area contributed by atoms with Crippen molar-refractivity contribution in [2.24, 2.45) is 0 Å². The summed E-state index contributed by atoms with van der Waals surface area (Å²) in [5.74, 6) is -0.298. The van der Waals surface area contributed by atoms with Crippen molar-refractivity contribution in [1.29, 1.82) is 0 Å². The fourth-order valence-electron chi connectivity index (χ4n) is 2.90. The van der Waals surface area contributed by atoms with Gasteiger partial charge < -0.3 is 4.42 Å². The van der Waals surface area contributed by atoms with Crippen molar-refractivity contribution < 1.29 is 4.42 Å². The Morgan fingerprint density at radius 1 is 1.15 bits per heavy atom. The second-order valence-corrected chi connectivity index (χ2v) is 7.32. The minimum absolute atomic E-state index is 0.136. The molecule has 4 rings (SSSR count). The Labute approximate surface area is 158 Å². The number of benzene rings is 1. The van der Waals surface area contributed by atoms with E-state index >= 15 is 0 Å². The fraction of sp³-hybridized carbons (Fsp3) is 0.263. The average Bonchev–Trinajstić information content (AvgIpc) is 3.20. The topological polar surface area (TPSA) is 82.4 Å². The zero-order valence-corrected chi connectivity index (χ0v) is 15.8. The zero-order chi connectivity index (χ0) is 19.0. The second-order valence-electron chi connectivity index (χ2n) is 6.48. The highest BCUT2D eigenvalue weighted by Gasteiger charge is 2.14. The average molecular weight is 382 g/mol. The first-order chi connectivity index (χ1) is 13.0. The molecule has 0 unspecified atom stereocenters. The Morgan fingerprint density at radius 3 is 2.70 bits per heavy atom. The third kappa shape index (κ3) is 3.48. The lowest BCUT2D eigenvalue weighted by Crippen LogP contribution is -2.19. The van der Waals surface area contributed by atoms with Crippen LogP contribution in [0.1, 0.15) is 28.3 Å². The summed E-state index contributed by atoms with van der Waals surface area (Å²) in [4.78, 5) is 29.6. The van der Waals surface area contributed by atoms with Crippen LogP contribution in [0.25, 0.3) is 4.96 Å². The Balaban J connectivity index is 1.54. The van der Waals surface area contributed by atoms with Gasteiger partial charge in [0.05, 0.1) is 13.0 Å². The van der Waals surface area contributed by atoms with Gasteiger partial charge in [-0.05, 0) is 25.8 Å². The first kappa shape index (κ1) is 17.4. The summed E-state index contributed by atoms with van der Waals surface area (Å²) >= 11 is 1.41. The molecule has 3 aromatic heterocycles. The predicted molar refractivity (Wildman–Crippen MR) is 103 cm³/mol. The molecule has 8 heteroatoms. The molecule has 0 bridgehead atoms. The molecular weight excluding hydrogens is 364 g/mol. The van der Waals surface area contributed by atoms with Gasteiger partial charge in [-0.1, -0.05) is 29.8 Å². The minimum atomic E-state index is -0.516. The first-order valence-electron chi connectivity index (χ1n) is 8.58. The van der Waals surface area contributed by atoms with Crippen molar-refractivity contribution in [2.75, 3.05) is 0 Å². The van der Waals surface area contributed by atoms with Crippen molar-refractivity contribution in [3.8, 4) is 0 Å². The maximum absolute atomic E-state index is 12.6. The molecule has 0 aliphatic heterocycles. The van der Waals surface area contributed by atoms with Crippen LogP contribution in [0.2, 0.25) is 0 Å². The number of hydrogen-bond acceptors (Lipinski definition) is 6. The minimum Gasteiger partial charge on any atom is -0.392 e. The summed E-state index contributed by atoms with van der Waals surface area (Å²) in [5, 5.41) is 6.12. The number of aromatic nitrogens is 4. The lowest BCUT2D eigenvalue weighted by Gasteiger charge is -2.01. The molecule has 0 aliphatic carbocycles. The molecular formula is C19H18N4O3S. The van der Waals surface area contributed by atoms with Gasteiger partial charge in [-0.15, -0.1) is 16.4 Å². The number of thiazole rings is 1. The monoisotopic (exact) mass is 382 g/mol. The standard InChI is InChI=1S/C19H18N4O3S/c1-12-3-5-14(6-4-12)7-8-22-19(25)26-16(21-22)9-15-10-20-18-23(17(15)24)13(2)11-27-18/h3-6,10-11H,7-9H2,1-2H3. The summed E-state index contributed by atoms with van der Waals surface area (Å²) < 4.78 is 8.09. The second kappa shape index (κ2) is 6.96. The van der Waals surface area contributed by atoms with Gasteiger partial charge in [0.15, 0.2) is 4.96 Å². The lowest BCUT2D eigenvalue weighted by atomic mass is 10.1. The molecule has 138 valence electrons. The van der Waals surface area contributed by atoms with E-state index < -0.39 is 5.76 Å². The van der Waals surface area contributed by atoms with Gasteiger partial charge in [-0.2, -0.15) is 4.68 Å². The summed E-state index contributed by atoms with van der Waals surface area (Å²) in [7, 11) is 0. The van der Waals surface area contributed by atoms with Crippen molar-refractivity contribution >= 4 is 16.3 Å². The highest BCUT2D eigenvalue weighted by molar-refractivity contribution is 7.15. The molecule has 0 aliphatic rings. The Bertz CT molecular complexity index is 1210. The van der Waals surface area contributed by atoms with E-state index in [1.807, 2.05) is 43.5 Å². The van der Waals surface area contributed by atoms with E-state index in [1.54, 1.807) is 4.40 Å². The van der Waals surface area contributed by atoms with Crippen LogP contribution in [-0.4, -0.2) is 19.2 Å². The molecule has 7 nitrogen and oxygen atoms in total. The van der Waals surface area contributed by atoms with E-state index in [9.17, 15) is 9.59 Å². The molecule has 0 N–H and O–H groups in total. The maximum Gasteiger partial charge on any atom is 0.437 e. The number of fused-ring (bicyclic) bond motifs is 1. The highest BCUT2D eigenvalue weighted by atomic mass is 32.1. The molecule has 0 spiro atoms. The van der Waals surface area contributed by atoms with E-state index in [2.05, 4.69) is 10.1 Å². The van der Waals surface area contributed by atoms with E-state index in [0.29, 0.717) is 23.5 Å². The van der Waals surface area contributed by atoms with Crippen LogP contribution in [0.4, 0.5) is 0 Å². The predicted octanol–water partition coefficient (Wildman–Crippen LogP) is 2.36. The highest BCUT2D eigenvalue weighted by Crippen LogP contribution is 2.12. The van der Waals surface area contributed by atoms with Crippen LogP contribution in [0.15, 0.2) is 49.8 Å². The van der Waals surface area contributed by atoms with Gasteiger partial charge in [0.2, 0.25) is 5.89 Å². The summed E-state index contributed by atoms with van der Waals surface area (Å²) in [6.07, 6.45) is 2.34. The van der Waals surface area contributed by atoms with Crippen LogP contribution in [0.5, 0.6) is 0 Å². The number of hydrogen-bond donors (Lipinski definition) is 0. The van der Waals surface area contributed by atoms with Crippen LogP contribution in [0.3, 0.4) is 0 Å². The van der Waals surface area contributed by atoms with E-state index in [4.69, 9.17) is 4.42 Å². The molecule has 0 saturated carbocycles. The zero-order valence-electron chi connectivity index (χ0n) is 15.0. The lowest BCUT2D eigenvalue weighted by molar-refractivity contribution is 0.451. The maximum atomic E-state index is 12.6. The van der Waals surface area contributed by atoms with Crippen molar-refractivity contribution in [3.63, 3.8) is 0 Å². The molecule has 27 heavy (non-hydrogen) atoms. The van der Waals surface area contributed by atoms with Crippen molar-refractivity contribution in [3.05, 3.63) is 85.0 Å². The van der Waals surface area contributed by atoms with Gasteiger partial charge in [-0.3, -0.25) is 9.20 Å². The largest absolute Gasteiger partial charge is 0.437 e. The third-order valence-electron chi connectivity index (χ3n) is 4.41. The Hall–Kier alpha value is -3.00. The quantitative estimate of drug-likeness (QED) is 0.529. The fourth-order valence-corrected chi connectivity index (χ4v) is 3.72. The third-order valence-corrected chi connectivity index (χ3v) is 5.37. The summed E-state index contributed by atoms with van der Waals surface area (Å²) in [6.45, 7) is 4.31. The molecule has 0 amide bonds. The first-order valence-corrected chi connectivity index (χ1v) is 9.46. The Kier molecular flexibility index (Phi) is 4.49.